The second-order valence-electron chi connectivity index (χ2n) is 6.72. The third kappa shape index (κ3) is 2.82. The third-order valence-corrected chi connectivity index (χ3v) is 4.90. The van der Waals surface area contributed by atoms with Gasteiger partial charge in [0, 0.05) is 56.5 Å². The summed E-state index contributed by atoms with van der Waals surface area (Å²) in [7, 11) is 3.68. The van der Waals surface area contributed by atoms with Gasteiger partial charge in [-0.2, -0.15) is 0 Å². The molecule has 130 valence electrons. The molecule has 1 aliphatic heterocycles. The predicted molar refractivity (Wildman–Crippen MR) is 95.3 cm³/mol. The van der Waals surface area contributed by atoms with E-state index in [1.54, 1.807) is 7.11 Å². The summed E-state index contributed by atoms with van der Waals surface area (Å²) in [5, 5.41) is 0.996. The van der Waals surface area contributed by atoms with Crippen molar-refractivity contribution in [2.24, 2.45) is 13.0 Å². The Bertz CT molecular complexity index is 911. The molecule has 6 nitrogen and oxygen atoms in total. The van der Waals surface area contributed by atoms with Crippen molar-refractivity contribution in [1.29, 1.82) is 0 Å². The highest BCUT2D eigenvalue weighted by Gasteiger charge is 2.27. The fourth-order valence-corrected chi connectivity index (χ4v) is 3.73. The fraction of sp³-hybridized carbons (Fsp3) is 0.368. The Labute approximate surface area is 146 Å². The molecule has 0 saturated carbocycles. The van der Waals surface area contributed by atoms with E-state index in [9.17, 15) is 4.79 Å². The number of benzene rings is 1. The van der Waals surface area contributed by atoms with Gasteiger partial charge in [0.2, 0.25) is 0 Å². The summed E-state index contributed by atoms with van der Waals surface area (Å²) in [5.41, 5.74) is 2.88. The number of hydrogen-bond donors (Lipinski definition) is 0. The van der Waals surface area contributed by atoms with Gasteiger partial charge >= 0.3 is 0 Å². The zero-order chi connectivity index (χ0) is 17.4. The van der Waals surface area contributed by atoms with Gasteiger partial charge in [-0.15, -0.1) is 0 Å². The molecule has 1 amide bonds. The number of methoxy groups -OCH3 is 1. The molecule has 0 unspecified atom stereocenters. The number of para-hydroxylation sites is 1. The standard InChI is InChI=1S/C19H22N4O2/c1-21-11-17(16-5-3-4-6-18(16)21)19(24)22-8-14(12-25-2)9-23-13-20-7-15(23)10-22/h3-7,11,13-14H,8-10,12H2,1-2H3/t14-/m0/s1. The van der Waals surface area contributed by atoms with Gasteiger partial charge in [-0.25, -0.2) is 4.98 Å². The average molecular weight is 338 g/mol. The molecule has 0 aliphatic carbocycles. The molecule has 0 N–H and O–H groups in total. The Morgan fingerprint density at radius 2 is 2.16 bits per heavy atom. The van der Waals surface area contributed by atoms with Crippen molar-refractivity contribution in [1.82, 2.24) is 19.0 Å². The van der Waals surface area contributed by atoms with Gasteiger partial charge in [-0.05, 0) is 6.07 Å². The van der Waals surface area contributed by atoms with Crippen molar-refractivity contribution in [2.45, 2.75) is 13.1 Å². The summed E-state index contributed by atoms with van der Waals surface area (Å²) in [4.78, 5) is 19.5. The monoisotopic (exact) mass is 338 g/mol. The van der Waals surface area contributed by atoms with E-state index in [0.717, 1.165) is 28.7 Å². The van der Waals surface area contributed by atoms with Gasteiger partial charge in [0.25, 0.3) is 5.91 Å². The number of amides is 1. The molecular weight excluding hydrogens is 316 g/mol. The smallest absolute Gasteiger partial charge is 0.256 e. The van der Waals surface area contributed by atoms with E-state index in [-0.39, 0.29) is 11.8 Å². The van der Waals surface area contributed by atoms with Crippen molar-refractivity contribution in [3.05, 3.63) is 54.2 Å². The normalized spacial score (nSPS) is 17.5. The van der Waals surface area contributed by atoms with Gasteiger partial charge in [-0.3, -0.25) is 4.79 Å². The van der Waals surface area contributed by atoms with Gasteiger partial charge in [0.05, 0.1) is 30.7 Å². The highest BCUT2D eigenvalue weighted by Crippen LogP contribution is 2.24. The highest BCUT2D eigenvalue weighted by atomic mass is 16.5. The topological polar surface area (TPSA) is 52.3 Å². The van der Waals surface area contributed by atoms with Crippen LogP contribution in [0.1, 0.15) is 16.1 Å². The molecule has 0 radical (unpaired) electrons. The van der Waals surface area contributed by atoms with Crippen LogP contribution in [0.15, 0.2) is 43.0 Å². The Kier molecular flexibility index (Phi) is 4.05. The maximum atomic E-state index is 13.3. The molecule has 25 heavy (non-hydrogen) atoms. The lowest BCUT2D eigenvalue weighted by Crippen LogP contribution is -2.35. The van der Waals surface area contributed by atoms with Crippen LogP contribution in [0, 0.1) is 5.92 Å². The minimum Gasteiger partial charge on any atom is -0.384 e. The fourth-order valence-electron chi connectivity index (χ4n) is 3.73. The van der Waals surface area contributed by atoms with Crippen LogP contribution in [-0.2, 0) is 24.9 Å². The molecule has 3 aromatic rings. The molecular formula is C19H22N4O2. The summed E-state index contributed by atoms with van der Waals surface area (Å²) in [5.74, 6) is 0.312. The van der Waals surface area contributed by atoms with E-state index in [1.807, 2.05) is 59.5 Å². The third-order valence-electron chi connectivity index (χ3n) is 4.90. The molecule has 4 rings (SSSR count). The van der Waals surface area contributed by atoms with Crippen LogP contribution < -0.4 is 0 Å². The number of imidazole rings is 1. The summed E-state index contributed by atoms with van der Waals surface area (Å²) in [6.07, 6.45) is 5.61. The van der Waals surface area contributed by atoms with E-state index in [2.05, 4.69) is 9.55 Å². The van der Waals surface area contributed by atoms with E-state index in [4.69, 9.17) is 4.74 Å². The van der Waals surface area contributed by atoms with Crippen molar-refractivity contribution < 1.29 is 9.53 Å². The molecule has 1 atom stereocenters. The number of hydrogen-bond acceptors (Lipinski definition) is 3. The zero-order valence-electron chi connectivity index (χ0n) is 14.6. The minimum absolute atomic E-state index is 0.0625. The summed E-state index contributed by atoms with van der Waals surface area (Å²) in [6, 6.07) is 8.02. The lowest BCUT2D eigenvalue weighted by Gasteiger charge is -2.23. The summed E-state index contributed by atoms with van der Waals surface area (Å²) < 4.78 is 9.50. The molecule has 6 heteroatoms. The molecule has 1 aromatic carbocycles. The van der Waals surface area contributed by atoms with Gasteiger partial charge < -0.3 is 18.8 Å². The maximum absolute atomic E-state index is 13.3. The molecule has 0 bridgehead atoms. The molecule has 3 heterocycles. The number of ether oxygens (including phenoxy) is 1. The Balaban J connectivity index is 1.70. The zero-order valence-corrected chi connectivity index (χ0v) is 14.6. The first-order valence-electron chi connectivity index (χ1n) is 8.48. The van der Waals surface area contributed by atoms with Crippen LogP contribution in [-0.4, -0.2) is 45.2 Å². The van der Waals surface area contributed by atoms with Crippen LogP contribution >= 0.6 is 0 Å². The van der Waals surface area contributed by atoms with Crippen molar-refractivity contribution in [3.63, 3.8) is 0 Å². The van der Waals surface area contributed by atoms with E-state index in [0.29, 0.717) is 19.7 Å². The summed E-state index contributed by atoms with van der Waals surface area (Å²) in [6.45, 7) is 2.69. The van der Waals surface area contributed by atoms with Crippen LogP contribution in [0.5, 0.6) is 0 Å². The number of aromatic nitrogens is 3. The van der Waals surface area contributed by atoms with Crippen LogP contribution in [0.2, 0.25) is 0 Å². The molecule has 2 aromatic heterocycles. The van der Waals surface area contributed by atoms with E-state index < -0.39 is 0 Å². The Hall–Kier alpha value is -2.60. The quantitative estimate of drug-likeness (QED) is 0.736. The van der Waals surface area contributed by atoms with Gasteiger partial charge in [0.1, 0.15) is 0 Å². The largest absolute Gasteiger partial charge is 0.384 e. The molecule has 0 fully saturated rings. The molecule has 0 saturated heterocycles. The predicted octanol–water partition coefficient (Wildman–Crippen LogP) is 2.29. The number of nitrogens with zero attached hydrogens (tertiary/aromatic N) is 4. The average Bonchev–Trinajstić information content (AvgIpc) is 3.14. The number of fused-ring (bicyclic) bond motifs is 2. The first-order chi connectivity index (χ1) is 12.2. The minimum atomic E-state index is 0.0625. The highest BCUT2D eigenvalue weighted by molar-refractivity contribution is 6.06. The maximum Gasteiger partial charge on any atom is 0.256 e. The Morgan fingerprint density at radius 3 is 3.00 bits per heavy atom. The van der Waals surface area contributed by atoms with Crippen molar-refractivity contribution >= 4 is 16.8 Å². The lowest BCUT2D eigenvalue weighted by molar-refractivity contribution is 0.0669. The lowest BCUT2D eigenvalue weighted by atomic mass is 10.1. The van der Waals surface area contributed by atoms with Crippen molar-refractivity contribution in [3.8, 4) is 0 Å². The first kappa shape index (κ1) is 15.9. The number of rotatable bonds is 3. The molecule has 1 aliphatic rings. The first-order valence-corrected chi connectivity index (χ1v) is 8.48. The second-order valence-corrected chi connectivity index (χ2v) is 6.72. The van der Waals surface area contributed by atoms with Gasteiger partial charge in [0.15, 0.2) is 0 Å². The number of aryl methyl sites for hydroxylation is 1. The van der Waals surface area contributed by atoms with Crippen molar-refractivity contribution in [2.75, 3.05) is 20.3 Å². The Morgan fingerprint density at radius 1 is 1.32 bits per heavy atom. The van der Waals surface area contributed by atoms with Crippen LogP contribution in [0.4, 0.5) is 0 Å². The molecule has 0 spiro atoms. The SMILES string of the molecule is COC[C@H]1CN(C(=O)c2cn(C)c3ccccc23)Cc2cncn2C1. The van der Waals surface area contributed by atoms with Crippen LogP contribution in [0.25, 0.3) is 10.9 Å². The number of carbonyl (C=O) groups excluding carboxylic acids is 1. The van der Waals surface area contributed by atoms with E-state index >= 15 is 0 Å². The van der Waals surface area contributed by atoms with E-state index in [1.165, 1.54) is 0 Å². The van der Waals surface area contributed by atoms with Crippen LogP contribution in [0.3, 0.4) is 0 Å². The number of carbonyl (C=O) groups is 1. The second kappa shape index (κ2) is 6.37. The van der Waals surface area contributed by atoms with Gasteiger partial charge in [-0.1, -0.05) is 18.2 Å². The summed E-state index contributed by atoms with van der Waals surface area (Å²) >= 11 is 0.